The van der Waals surface area contributed by atoms with Crippen LogP contribution in [0.4, 0.5) is 0 Å². The van der Waals surface area contributed by atoms with Crippen LogP contribution in [0.3, 0.4) is 0 Å². The number of ether oxygens (including phenoxy) is 1. The highest BCUT2D eigenvalue weighted by Crippen LogP contribution is 2.17. The number of aromatic carboxylic acids is 1. The van der Waals surface area contributed by atoms with E-state index in [1.54, 1.807) is 18.2 Å². The van der Waals surface area contributed by atoms with E-state index in [1.807, 2.05) is 6.92 Å². The number of carbonyl (C=O) groups is 3. The summed E-state index contributed by atoms with van der Waals surface area (Å²) < 4.78 is 4.94. The van der Waals surface area contributed by atoms with Crippen LogP contribution in [0.1, 0.15) is 40.6 Å². The molecule has 0 saturated heterocycles. The van der Waals surface area contributed by atoms with Crippen LogP contribution >= 0.6 is 0 Å². The van der Waals surface area contributed by atoms with Gasteiger partial charge in [-0.3, -0.25) is 9.59 Å². The Hall–Kier alpha value is -2.83. The maximum atomic E-state index is 12.0. The first-order valence-corrected chi connectivity index (χ1v) is 7.31. The number of unbranched alkanes of at least 4 members (excludes halogenated alkanes) is 1. The molecule has 0 aliphatic carbocycles. The van der Waals surface area contributed by atoms with Gasteiger partial charge in [-0.25, -0.2) is 4.79 Å². The van der Waals surface area contributed by atoms with Crippen molar-refractivity contribution in [2.24, 2.45) is 0 Å². The van der Waals surface area contributed by atoms with Gasteiger partial charge in [0.15, 0.2) is 0 Å². The molecule has 1 amide bonds. The number of benzene rings is 1. The lowest BCUT2D eigenvalue weighted by atomic mass is 10.1. The number of carboxylic acid groups (broad SMARTS) is 1. The Morgan fingerprint density at radius 3 is 2.74 bits per heavy atom. The fourth-order valence-corrected chi connectivity index (χ4v) is 2.02. The van der Waals surface area contributed by atoms with Gasteiger partial charge in [0.25, 0.3) is 5.91 Å². The van der Waals surface area contributed by atoms with Crippen LogP contribution in [0.15, 0.2) is 24.3 Å². The van der Waals surface area contributed by atoms with E-state index >= 15 is 0 Å². The van der Waals surface area contributed by atoms with Crippen molar-refractivity contribution in [1.29, 1.82) is 0 Å². The summed E-state index contributed by atoms with van der Waals surface area (Å²) in [6.07, 6.45) is 1.71. The van der Waals surface area contributed by atoms with Crippen molar-refractivity contribution in [2.75, 3.05) is 13.2 Å². The zero-order chi connectivity index (χ0) is 16.8. The lowest BCUT2D eigenvalue weighted by molar-refractivity contribution is -0.142. The average molecular weight is 318 g/mol. The molecule has 7 nitrogen and oxygen atoms in total. The second-order valence-corrected chi connectivity index (χ2v) is 5.05. The number of H-pyrrole nitrogens is 1. The van der Waals surface area contributed by atoms with Gasteiger partial charge < -0.3 is 20.1 Å². The Bertz CT molecular complexity index is 735. The molecule has 3 N–H and O–H groups in total. The van der Waals surface area contributed by atoms with Gasteiger partial charge in [-0.2, -0.15) is 0 Å². The third kappa shape index (κ3) is 4.32. The summed E-state index contributed by atoms with van der Waals surface area (Å²) in [6, 6.07) is 6.25. The number of hydrogen-bond acceptors (Lipinski definition) is 4. The third-order valence-corrected chi connectivity index (χ3v) is 3.27. The van der Waals surface area contributed by atoms with Crippen molar-refractivity contribution in [3.63, 3.8) is 0 Å². The van der Waals surface area contributed by atoms with Gasteiger partial charge in [-0.1, -0.05) is 19.4 Å². The van der Waals surface area contributed by atoms with Gasteiger partial charge in [-0.05, 0) is 24.6 Å². The fourth-order valence-electron chi connectivity index (χ4n) is 2.02. The van der Waals surface area contributed by atoms with Crippen molar-refractivity contribution >= 4 is 28.7 Å². The number of fused-ring (bicyclic) bond motifs is 1. The van der Waals surface area contributed by atoms with Gasteiger partial charge in [0.05, 0.1) is 6.61 Å². The molecule has 1 aromatic heterocycles. The van der Waals surface area contributed by atoms with Crippen LogP contribution in [0, 0.1) is 0 Å². The summed E-state index contributed by atoms with van der Waals surface area (Å²) in [6.45, 7) is 2.13. The first-order chi connectivity index (χ1) is 11.0. The van der Waals surface area contributed by atoms with Crippen molar-refractivity contribution in [1.82, 2.24) is 10.3 Å². The average Bonchev–Trinajstić information content (AvgIpc) is 2.96. The number of carboxylic acids is 1. The van der Waals surface area contributed by atoms with Gasteiger partial charge >= 0.3 is 11.9 Å². The van der Waals surface area contributed by atoms with Crippen molar-refractivity contribution in [2.45, 2.75) is 19.8 Å². The second kappa shape index (κ2) is 7.44. The SMILES string of the molecule is CCCCOC(=O)CNC(=O)c1ccc2cc(C(=O)O)[nH]c2c1. The van der Waals surface area contributed by atoms with Crippen molar-refractivity contribution in [3.05, 3.63) is 35.5 Å². The van der Waals surface area contributed by atoms with Gasteiger partial charge in [0.1, 0.15) is 12.2 Å². The summed E-state index contributed by atoms with van der Waals surface area (Å²) in [5, 5.41) is 12.1. The topological polar surface area (TPSA) is 108 Å². The van der Waals surface area contributed by atoms with Crippen molar-refractivity contribution < 1.29 is 24.2 Å². The first-order valence-electron chi connectivity index (χ1n) is 7.31. The second-order valence-electron chi connectivity index (χ2n) is 5.05. The van der Waals surface area contributed by atoms with E-state index in [0.29, 0.717) is 23.1 Å². The number of rotatable bonds is 7. The number of hydrogen-bond donors (Lipinski definition) is 3. The molecule has 0 unspecified atom stereocenters. The molecule has 1 heterocycles. The lowest BCUT2D eigenvalue weighted by Crippen LogP contribution is -2.30. The number of carbonyl (C=O) groups excluding carboxylic acids is 2. The fraction of sp³-hybridized carbons (Fsp3) is 0.312. The molecule has 122 valence electrons. The summed E-state index contributed by atoms with van der Waals surface area (Å²) >= 11 is 0. The molecule has 0 radical (unpaired) electrons. The number of nitrogens with one attached hydrogen (secondary N) is 2. The van der Waals surface area contributed by atoms with E-state index in [0.717, 1.165) is 12.8 Å². The minimum Gasteiger partial charge on any atom is -0.477 e. The smallest absolute Gasteiger partial charge is 0.352 e. The highest BCUT2D eigenvalue weighted by molar-refractivity contribution is 6.00. The number of esters is 1. The Labute approximate surface area is 132 Å². The van der Waals surface area contributed by atoms with Crippen LogP contribution in [-0.2, 0) is 9.53 Å². The Kier molecular flexibility index (Phi) is 5.35. The number of aromatic nitrogens is 1. The van der Waals surface area contributed by atoms with E-state index in [9.17, 15) is 14.4 Å². The minimum atomic E-state index is -1.07. The molecule has 0 saturated carbocycles. The summed E-state index contributed by atoms with van der Waals surface area (Å²) in [4.78, 5) is 37.1. The Morgan fingerprint density at radius 1 is 1.26 bits per heavy atom. The van der Waals surface area contributed by atoms with E-state index in [2.05, 4.69) is 10.3 Å². The monoisotopic (exact) mass is 318 g/mol. The van der Waals surface area contributed by atoms with Crippen LogP contribution in [-0.4, -0.2) is 41.1 Å². The Balaban J connectivity index is 1.98. The van der Waals surface area contributed by atoms with E-state index in [-0.39, 0.29) is 12.2 Å². The maximum Gasteiger partial charge on any atom is 0.352 e. The largest absolute Gasteiger partial charge is 0.477 e. The highest BCUT2D eigenvalue weighted by atomic mass is 16.5. The van der Waals surface area contributed by atoms with E-state index in [4.69, 9.17) is 9.84 Å². The third-order valence-electron chi connectivity index (χ3n) is 3.27. The molecule has 0 aliphatic rings. The van der Waals surface area contributed by atoms with Crippen LogP contribution < -0.4 is 5.32 Å². The molecule has 0 aliphatic heterocycles. The lowest BCUT2D eigenvalue weighted by Gasteiger charge is -2.06. The maximum absolute atomic E-state index is 12.0. The molecular formula is C16H18N2O5. The number of amides is 1. The van der Waals surface area contributed by atoms with Crippen LogP contribution in [0.5, 0.6) is 0 Å². The molecule has 0 atom stereocenters. The predicted molar refractivity (Wildman–Crippen MR) is 83.5 cm³/mol. The summed E-state index contributed by atoms with van der Waals surface area (Å²) in [7, 11) is 0. The quantitative estimate of drug-likeness (QED) is 0.534. The van der Waals surface area contributed by atoms with Gasteiger partial charge in [0.2, 0.25) is 0 Å². The predicted octanol–water partition coefficient (Wildman–Crippen LogP) is 1.94. The first kappa shape index (κ1) is 16.5. The normalized spacial score (nSPS) is 10.5. The molecule has 2 rings (SSSR count). The zero-order valence-electron chi connectivity index (χ0n) is 12.7. The van der Waals surface area contributed by atoms with E-state index < -0.39 is 17.8 Å². The van der Waals surface area contributed by atoms with Crippen molar-refractivity contribution in [3.8, 4) is 0 Å². The summed E-state index contributed by atoms with van der Waals surface area (Å²) in [5.74, 6) is -1.98. The highest BCUT2D eigenvalue weighted by Gasteiger charge is 2.12. The van der Waals surface area contributed by atoms with E-state index in [1.165, 1.54) is 6.07 Å². The Morgan fingerprint density at radius 2 is 2.04 bits per heavy atom. The molecule has 7 heteroatoms. The molecular weight excluding hydrogens is 300 g/mol. The molecule has 2 aromatic rings. The van der Waals surface area contributed by atoms with Crippen LogP contribution in [0.25, 0.3) is 10.9 Å². The van der Waals surface area contributed by atoms with Crippen LogP contribution in [0.2, 0.25) is 0 Å². The standard InChI is InChI=1S/C16H18N2O5/c1-2-3-6-23-14(19)9-17-15(20)11-5-4-10-7-13(16(21)22)18-12(10)8-11/h4-5,7-8,18H,2-3,6,9H2,1H3,(H,17,20)(H,21,22). The number of aromatic amines is 1. The van der Waals surface area contributed by atoms with Gasteiger partial charge in [0, 0.05) is 16.5 Å². The molecule has 0 spiro atoms. The molecule has 23 heavy (non-hydrogen) atoms. The summed E-state index contributed by atoms with van der Waals surface area (Å²) in [5.41, 5.74) is 0.926. The molecule has 0 fully saturated rings. The zero-order valence-corrected chi connectivity index (χ0v) is 12.7. The molecule has 1 aromatic carbocycles. The molecule has 0 bridgehead atoms. The minimum absolute atomic E-state index is 0.0528. The van der Waals surface area contributed by atoms with Gasteiger partial charge in [-0.15, -0.1) is 0 Å².